The second-order valence-electron chi connectivity index (χ2n) is 8.27. The zero-order chi connectivity index (χ0) is 25.2. The number of nitrogens with two attached hydrogens (primary N) is 1. The first-order valence-corrected chi connectivity index (χ1v) is 11.8. The van der Waals surface area contributed by atoms with Gasteiger partial charge in [0.1, 0.15) is 11.5 Å². The average molecular weight is 484 g/mol. The van der Waals surface area contributed by atoms with Gasteiger partial charge >= 0.3 is 0 Å². The summed E-state index contributed by atoms with van der Waals surface area (Å²) in [5, 5.41) is 5.61. The van der Waals surface area contributed by atoms with Crippen molar-refractivity contribution in [2.45, 2.75) is 25.3 Å². The largest absolute Gasteiger partial charge is 0.457 e. The van der Waals surface area contributed by atoms with E-state index in [0.29, 0.717) is 24.4 Å². The van der Waals surface area contributed by atoms with E-state index < -0.39 is 6.04 Å². The van der Waals surface area contributed by atoms with Crippen LogP contribution >= 0.6 is 0 Å². The highest BCUT2D eigenvalue weighted by atomic mass is 16.5. The molecule has 4 rings (SSSR count). The maximum atomic E-state index is 12.3. The molecule has 8 nitrogen and oxygen atoms in total. The monoisotopic (exact) mass is 483 g/mol. The van der Waals surface area contributed by atoms with Gasteiger partial charge in [-0.3, -0.25) is 14.6 Å². The predicted octanol–water partition coefficient (Wildman–Crippen LogP) is 4.07. The summed E-state index contributed by atoms with van der Waals surface area (Å²) in [7, 11) is 0. The van der Waals surface area contributed by atoms with Gasteiger partial charge in [0.2, 0.25) is 11.8 Å². The van der Waals surface area contributed by atoms with Crippen molar-refractivity contribution in [3.8, 4) is 17.2 Å². The third-order valence-electron chi connectivity index (χ3n) is 5.54. The molecule has 0 aliphatic heterocycles. The van der Waals surface area contributed by atoms with E-state index in [1.807, 2.05) is 71.6 Å². The molecule has 0 unspecified atom stereocenters. The second kappa shape index (κ2) is 12.3. The van der Waals surface area contributed by atoms with Crippen LogP contribution in [0, 0.1) is 0 Å². The Labute approximate surface area is 210 Å². The third kappa shape index (κ3) is 7.28. The Kier molecular flexibility index (Phi) is 8.45. The van der Waals surface area contributed by atoms with E-state index in [1.165, 1.54) is 0 Å². The lowest BCUT2D eigenvalue weighted by atomic mass is 10.1. The normalized spacial score (nSPS) is 11.5. The number of benzene rings is 2. The standard InChI is InChI=1S/C28H29N5O3/c29-26(28(35)31-18-16-21-5-1-2-17-30-21)14-15-27(34)32-22-6-10-24(11-7-22)36-25-12-8-23(9-13-25)33-19-3-4-20-33/h1-13,17,19-20,26H,14-16,18,29H2,(H,31,35)(H,32,34)/t26-/m0/s1. The second-order valence-corrected chi connectivity index (χ2v) is 8.27. The van der Waals surface area contributed by atoms with E-state index in [1.54, 1.807) is 30.5 Å². The van der Waals surface area contributed by atoms with Gasteiger partial charge < -0.3 is 25.7 Å². The number of ether oxygens (including phenoxy) is 1. The van der Waals surface area contributed by atoms with Crippen LogP contribution in [0.2, 0.25) is 0 Å². The van der Waals surface area contributed by atoms with Gasteiger partial charge in [-0.25, -0.2) is 0 Å². The Morgan fingerprint density at radius 3 is 2.28 bits per heavy atom. The van der Waals surface area contributed by atoms with Gasteiger partial charge in [0.15, 0.2) is 0 Å². The molecule has 4 aromatic rings. The Balaban J connectivity index is 1.17. The summed E-state index contributed by atoms with van der Waals surface area (Å²) in [6, 6.07) is 23.7. The van der Waals surface area contributed by atoms with Crippen LogP contribution in [0.5, 0.6) is 11.5 Å². The number of nitrogens with zero attached hydrogens (tertiary/aromatic N) is 2. The van der Waals surface area contributed by atoms with Crippen molar-refractivity contribution in [1.29, 1.82) is 0 Å². The molecule has 2 heterocycles. The van der Waals surface area contributed by atoms with Gasteiger partial charge in [-0.2, -0.15) is 0 Å². The summed E-state index contributed by atoms with van der Waals surface area (Å²) >= 11 is 0. The van der Waals surface area contributed by atoms with Gasteiger partial charge in [0.05, 0.1) is 6.04 Å². The quantitative estimate of drug-likeness (QED) is 0.298. The minimum atomic E-state index is -0.751. The summed E-state index contributed by atoms with van der Waals surface area (Å²) in [4.78, 5) is 28.7. The molecular weight excluding hydrogens is 454 g/mol. The number of aromatic nitrogens is 2. The summed E-state index contributed by atoms with van der Waals surface area (Å²) < 4.78 is 7.91. The number of carbonyl (C=O) groups excluding carboxylic acids is 2. The van der Waals surface area contributed by atoms with E-state index in [0.717, 1.165) is 17.1 Å². The van der Waals surface area contributed by atoms with E-state index in [4.69, 9.17) is 10.5 Å². The van der Waals surface area contributed by atoms with Crippen molar-refractivity contribution in [2.24, 2.45) is 5.73 Å². The van der Waals surface area contributed by atoms with Crippen molar-refractivity contribution in [3.05, 3.63) is 103 Å². The van der Waals surface area contributed by atoms with Crippen LogP contribution in [0.1, 0.15) is 18.5 Å². The van der Waals surface area contributed by atoms with E-state index in [2.05, 4.69) is 15.6 Å². The van der Waals surface area contributed by atoms with E-state index in [9.17, 15) is 9.59 Å². The average Bonchev–Trinajstić information content (AvgIpc) is 3.44. The van der Waals surface area contributed by atoms with Crippen LogP contribution in [0.15, 0.2) is 97.5 Å². The third-order valence-corrected chi connectivity index (χ3v) is 5.54. The summed E-state index contributed by atoms with van der Waals surface area (Å²) in [6.07, 6.45) is 6.69. The highest BCUT2D eigenvalue weighted by Crippen LogP contribution is 2.24. The van der Waals surface area contributed by atoms with Crippen LogP contribution in [-0.4, -0.2) is 34.0 Å². The van der Waals surface area contributed by atoms with Crippen molar-refractivity contribution in [1.82, 2.24) is 14.9 Å². The zero-order valence-electron chi connectivity index (χ0n) is 19.8. The fraction of sp³-hybridized carbons (Fsp3) is 0.179. The molecule has 0 radical (unpaired) electrons. The maximum Gasteiger partial charge on any atom is 0.236 e. The van der Waals surface area contributed by atoms with Crippen LogP contribution in [0.25, 0.3) is 5.69 Å². The van der Waals surface area contributed by atoms with Gasteiger partial charge in [0, 0.05) is 55.0 Å². The van der Waals surface area contributed by atoms with Crippen LogP contribution in [0.3, 0.4) is 0 Å². The molecule has 0 bridgehead atoms. The van der Waals surface area contributed by atoms with E-state index >= 15 is 0 Å². The highest BCUT2D eigenvalue weighted by molar-refractivity contribution is 5.91. The fourth-order valence-corrected chi connectivity index (χ4v) is 3.57. The summed E-state index contributed by atoms with van der Waals surface area (Å²) in [5.41, 5.74) is 8.53. The molecule has 36 heavy (non-hydrogen) atoms. The molecule has 184 valence electrons. The minimum Gasteiger partial charge on any atom is -0.457 e. The molecule has 0 saturated carbocycles. The van der Waals surface area contributed by atoms with Crippen LogP contribution in [-0.2, 0) is 16.0 Å². The number of rotatable bonds is 11. The fourth-order valence-electron chi connectivity index (χ4n) is 3.57. The first kappa shape index (κ1) is 24.7. The maximum absolute atomic E-state index is 12.3. The Hall–Kier alpha value is -4.43. The van der Waals surface area contributed by atoms with Gasteiger partial charge in [-0.15, -0.1) is 0 Å². The van der Waals surface area contributed by atoms with Crippen LogP contribution in [0.4, 0.5) is 5.69 Å². The molecule has 2 aromatic heterocycles. The SMILES string of the molecule is N[C@@H](CCC(=O)Nc1ccc(Oc2ccc(-n3cccc3)cc2)cc1)C(=O)NCCc1ccccn1. The number of anilines is 1. The molecule has 0 spiro atoms. The molecule has 0 saturated heterocycles. The lowest BCUT2D eigenvalue weighted by Crippen LogP contribution is -2.41. The molecule has 2 aromatic carbocycles. The van der Waals surface area contributed by atoms with Crippen LogP contribution < -0.4 is 21.1 Å². The summed E-state index contributed by atoms with van der Waals surface area (Å²) in [6.45, 7) is 0.446. The molecular formula is C28H29N5O3. The smallest absolute Gasteiger partial charge is 0.236 e. The van der Waals surface area contributed by atoms with Gasteiger partial charge in [0.25, 0.3) is 0 Å². The predicted molar refractivity (Wildman–Crippen MR) is 139 cm³/mol. The molecule has 2 amide bonds. The molecule has 1 atom stereocenters. The molecule has 4 N–H and O–H groups in total. The topological polar surface area (TPSA) is 111 Å². The minimum absolute atomic E-state index is 0.140. The Morgan fingerprint density at radius 1 is 0.917 bits per heavy atom. The lowest BCUT2D eigenvalue weighted by molar-refractivity contribution is -0.122. The van der Waals surface area contributed by atoms with Crippen molar-refractivity contribution in [2.75, 3.05) is 11.9 Å². The number of nitrogens with one attached hydrogen (secondary N) is 2. The van der Waals surface area contributed by atoms with Gasteiger partial charge in [-0.1, -0.05) is 6.07 Å². The molecule has 0 aliphatic carbocycles. The number of hydrogen-bond acceptors (Lipinski definition) is 5. The number of amides is 2. The lowest BCUT2D eigenvalue weighted by Gasteiger charge is -2.12. The molecule has 8 heteroatoms. The number of carbonyl (C=O) groups is 2. The van der Waals surface area contributed by atoms with Crippen molar-refractivity contribution < 1.29 is 14.3 Å². The first-order valence-electron chi connectivity index (χ1n) is 11.8. The first-order chi connectivity index (χ1) is 17.6. The Bertz CT molecular complexity index is 1240. The van der Waals surface area contributed by atoms with Crippen molar-refractivity contribution in [3.63, 3.8) is 0 Å². The molecule has 0 fully saturated rings. The molecule has 0 aliphatic rings. The Morgan fingerprint density at radius 2 is 1.61 bits per heavy atom. The zero-order valence-corrected chi connectivity index (χ0v) is 19.8. The highest BCUT2D eigenvalue weighted by Gasteiger charge is 2.15. The van der Waals surface area contributed by atoms with Crippen molar-refractivity contribution >= 4 is 17.5 Å². The number of pyridine rings is 1. The van der Waals surface area contributed by atoms with Gasteiger partial charge in [-0.05, 0) is 79.2 Å². The number of hydrogen-bond donors (Lipinski definition) is 3. The summed E-state index contributed by atoms with van der Waals surface area (Å²) in [5.74, 6) is 0.892. The van der Waals surface area contributed by atoms with E-state index in [-0.39, 0.29) is 24.7 Å².